The van der Waals surface area contributed by atoms with Gasteiger partial charge in [0.15, 0.2) is 6.61 Å². The van der Waals surface area contributed by atoms with Gasteiger partial charge in [-0.2, -0.15) is 0 Å². The quantitative estimate of drug-likeness (QED) is 0.285. The lowest BCUT2D eigenvalue weighted by atomic mass is 9.83. The summed E-state index contributed by atoms with van der Waals surface area (Å²) in [5, 5.41) is 13.7. The number of benzene rings is 3. The van der Waals surface area contributed by atoms with E-state index in [4.69, 9.17) is 4.74 Å². The number of amides is 3. The van der Waals surface area contributed by atoms with Gasteiger partial charge in [-0.15, -0.1) is 0 Å². The van der Waals surface area contributed by atoms with Crippen molar-refractivity contribution >= 4 is 63.2 Å². The summed E-state index contributed by atoms with van der Waals surface area (Å²) in [7, 11) is 0. The summed E-state index contributed by atoms with van der Waals surface area (Å²) in [6.07, 6.45) is 0. The maximum atomic E-state index is 13.2. The van der Waals surface area contributed by atoms with E-state index in [1.54, 1.807) is 24.3 Å². The van der Waals surface area contributed by atoms with E-state index >= 15 is 0 Å². The Hall–Kier alpha value is -4.42. The van der Waals surface area contributed by atoms with E-state index in [1.165, 1.54) is 0 Å². The maximum absolute atomic E-state index is 13.2. The highest BCUT2D eigenvalue weighted by Crippen LogP contribution is 2.52. The molecule has 10 nitrogen and oxygen atoms in total. The summed E-state index contributed by atoms with van der Waals surface area (Å²) in [6.45, 7) is -0.941. The molecule has 1 saturated heterocycles. The first-order valence-corrected chi connectivity index (χ1v) is 14.0. The summed E-state index contributed by atoms with van der Waals surface area (Å²) in [4.78, 5) is 66.1. The van der Waals surface area contributed by atoms with Crippen molar-refractivity contribution in [3.63, 3.8) is 0 Å². The van der Waals surface area contributed by atoms with Crippen LogP contribution < -0.4 is 14.9 Å². The number of carbonyl (C=O) groups is 4. The number of thiazole rings is 1. The third-order valence-corrected chi connectivity index (χ3v) is 9.28. The molecule has 1 fully saturated rings. The fraction of sp³-hybridized carbons (Fsp3) is 0.179. The first-order valence-electron chi connectivity index (χ1n) is 12.3. The minimum atomic E-state index is -1.28. The Bertz CT molecular complexity index is 1720. The van der Waals surface area contributed by atoms with Crippen molar-refractivity contribution < 1.29 is 29.0 Å². The van der Waals surface area contributed by atoms with Crippen LogP contribution in [-0.2, 0) is 19.2 Å². The highest BCUT2D eigenvalue weighted by molar-refractivity contribution is 8.00. The van der Waals surface area contributed by atoms with Crippen LogP contribution in [0.2, 0.25) is 0 Å². The van der Waals surface area contributed by atoms with Gasteiger partial charge in [-0.3, -0.25) is 28.9 Å². The molecule has 0 saturated carbocycles. The molecule has 12 heteroatoms. The first kappa shape index (κ1) is 25.8. The monoisotopic (exact) mass is 575 g/mol. The fourth-order valence-corrected chi connectivity index (χ4v) is 7.70. The van der Waals surface area contributed by atoms with Gasteiger partial charge in [-0.1, -0.05) is 71.6 Å². The van der Waals surface area contributed by atoms with Crippen LogP contribution in [0.3, 0.4) is 0 Å². The number of rotatable bonds is 7. The number of hydrogen-bond acceptors (Lipinski definition) is 8. The number of hydrogen-bond donors (Lipinski definition) is 3. The van der Waals surface area contributed by atoms with Crippen molar-refractivity contribution in [3.05, 3.63) is 86.8 Å². The summed E-state index contributed by atoms with van der Waals surface area (Å²) >= 11 is 2.05. The van der Waals surface area contributed by atoms with E-state index in [2.05, 4.69) is 10.3 Å². The molecule has 6 rings (SSSR count). The van der Waals surface area contributed by atoms with Crippen molar-refractivity contribution in [2.75, 3.05) is 18.5 Å². The summed E-state index contributed by atoms with van der Waals surface area (Å²) in [6, 6.07) is 20.1. The zero-order chi connectivity index (χ0) is 28.0. The van der Waals surface area contributed by atoms with Gasteiger partial charge in [-0.25, -0.2) is 0 Å². The molecule has 1 aromatic heterocycles. The molecule has 0 aliphatic carbocycles. The first-order chi connectivity index (χ1) is 19.3. The highest BCUT2D eigenvalue weighted by Gasteiger charge is 2.56. The number of imide groups is 1. The Balaban J connectivity index is 1.20. The molecule has 2 aliphatic rings. The fourth-order valence-electron chi connectivity index (χ4n) is 5.17. The van der Waals surface area contributed by atoms with Crippen LogP contribution in [-0.4, -0.2) is 57.1 Å². The van der Waals surface area contributed by atoms with E-state index in [0.717, 1.165) is 38.8 Å². The second-order valence-electron chi connectivity index (χ2n) is 9.34. The largest absolute Gasteiger partial charge is 0.484 e. The van der Waals surface area contributed by atoms with Crippen LogP contribution in [0.4, 0.5) is 5.69 Å². The number of nitrogens with one attached hydrogen (secondary N) is 2. The summed E-state index contributed by atoms with van der Waals surface area (Å²) < 4.78 is 5.69. The molecule has 4 aromatic rings. The number of fused-ring (bicyclic) bond motifs is 3. The second-order valence-corrected chi connectivity index (χ2v) is 11.5. The summed E-state index contributed by atoms with van der Waals surface area (Å²) in [5.41, 5.74) is 1.35. The van der Waals surface area contributed by atoms with E-state index in [-0.39, 0.29) is 17.4 Å². The molecule has 40 heavy (non-hydrogen) atoms. The lowest BCUT2D eigenvalue weighted by Gasteiger charge is -2.29. The molecule has 0 spiro atoms. The molecular formula is C28H21N3O7S2. The molecule has 0 radical (unpaired) electrons. The molecule has 3 N–H and O–H groups in total. The number of aliphatic carboxylic acids is 1. The minimum Gasteiger partial charge on any atom is -0.484 e. The van der Waals surface area contributed by atoms with E-state index in [0.29, 0.717) is 26.9 Å². The van der Waals surface area contributed by atoms with Crippen LogP contribution >= 0.6 is 23.1 Å². The smallest absolute Gasteiger partial charge is 0.323 e. The Morgan fingerprint density at radius 1 is 0.975 bits per heavy atom. The van der Waals surface area contributed by atoms with Gasteiger partial charge in [0, 0.05) is 21.9 Å². The van der Waals surface area contributed by atoms with Crippen LogP contribution in [0.1, 0.15) is 16.4 Å². The average Bonchev–Trinajstić information content (AvgIpc) is 3.43. The predicted molar refractivity (Wildman–Crippen MR) is 149 cm³/mol. The molecule has 2 aliphatic heterocycles. The van der Waals surface area contributed by atoms with Crippen LogP contribution in [0.25, 0.3) is 10.8 Å². The van der Waals surface area contributed by atoms with Crippen molar-refractivity contribution in [2.24, 2.45) is 5.92 Å². The Labute approximate surface area is 235 Å². The van der Waals surface area contributed by atoms with Crippen LogP contribution in [0.5, 0.6) is 5.75 Å². The molecule has 0 unspecified atom stereocenters. The van der Waals surface area contributed by atoms with Gasteiger partial charge >= 0.3 is 10.8 Å². The predicted octanol–water partition coefficient (Wildman–Crippen LogP) is 3.28. The maximum Gasteiger partial charge on any atom is 0.323 e. The van der Waals surface area contributed by atoms with Gasteiger partial charge in [0.2, 0.25) is 11.8 Å². The van der Waals surface area contributed by atoms with Gasteiger partial charge in [0.05, 0.1) is 10.9 Å². The van der Waals surface area contributed by atoms with Gasteiger partial charge < -0.3 is 20.1 Å². The van der Waals surface area contributed by atoms with Gasteiger partial charge in [-0.05, 0) is 29.1 Å². The van der Waals surface area contributed by atoms with E-state index in [9.17, 15) is 29.1 Å². The van der Waals surface area contributed by atoms with Crippen molar-refractivity contribution in [2.45, 2.75) is 16.2 Å². The zero-order valence-corrected chi connectivity index (χ0v) is 22.3. The Morgan fingerprint density at radius 2 is 1.73 bits per heavy atom. The van der Waals surface area contributed by atoms with Crippen molar-refractivity contribution in [3.8, 4) is 5.75 Å². The van der Waals surface area contributed by atoms with Crippen molar-refractivity contribution in [1.29, 1.82) is 0 Å². The van der Waals surface area contributed by atoms with Crippen molar-refractivity contribution in [1.82, 2.24) is 9.88 Å². The Kier molecular flexibility index (Phi) is 6.64. The third kappa shape index (κ3) is 4.65. The van der Waals surface area contributed by atoms with E-state index < -0.39 is 41.4 Å². The number of thioether (sulfide) groups is 1. The lowest BCUT2D eigenvalue weighted by molar-refractivity contribution is -0.149. The molecule has 3 atom stereocenters. The van der Waals surface area contributed by atoms with Gasteiger partial charge in [0.25, 0.3) is 5.91 Å². The van der Waals surface area contributed by atoms with E-state index in [1.807, 2.05) is 42.5 Å². The highest BCUT2D eigenvalue weighted by atomic mass is 32.2. The average molecular weight is 576 g/mol. The lowest BCUT2D eigenvalue weighted by Crippen LogP contribution is -2.36. The number of nitrogens with zero attached hydrogens (tertiary/aromatic N) is 1. The molecule has 3 amide bonds. The number of H-pyrrole nitrogens is 1. The second kappa shape index (κ2) is 10.3. The third-order valence-electron chi connectivity index (χ3n) is 6.88. The number of likely N-dealkylation sites (tertiary alicyclic amines) is 1. The number of aromatic nitrogens is 1. The molecule has 202 valence electrons. The number of aromatic amines is 1. The number of carboxylic acids is 1. The Morgan fingerprint density at radius 3 is 2.50 bits per heavy atom. The van der Waals surface area contributed by atoms with Crippen LogP contribution in [0.15, 0.2) is 76.6 Å². The topological polar surface area (TPSA) is 146 Å². The minimum absolute atomic E-state index is 0.228. The zero-order valence-electron chi connectivity index (χ0n) is 20.7. The molecule has 3 aromatic carbocycles. The standard InChI is InChI=1S/C28H21N3O7S2/c32-19(29-18-7-3-5-14-4-1-2-6-17(14)18)13-38-16-10-8-15(9-11-16)21-22-24(39-25-23(21)40-28(37)30-25)27(36)31(26(22)35)12-20(33)34/h1-11,21-22,24H,12-13H2,(H,29,32)(H,30,37)(H,33,34)/t21-,22+,24-/m0/s1. The van der Waals surface area contributed by atoms with Gasteiger partial charge in [0.1, 0.15) is 17.5 Å². The number of carbonyl (C=O) groups excluding carboxylic acids is 3. The normalized spacial score (nSPS) is 19.8. The molecular weight excluding hydrogens is 554 g/mol. The molecule has 3 heterocycles. The number of carboxylic acid groups (broad SMARTS) is 1. The number of anilines is 1. The summed E-state index contributed by atoms with van der Waals surface area (Å²) in [5.74, 6) is -3.83. The molecule has 0 bridgehead atoms. The van der Waals surface area contributed by atoms with Crippen LogP contribution in [0, 0.1) is 5.92 Å². The number of ether oxygens (including phenoxy) is 1. The SMILES string of the molecule is O=C(O)CN1C(=O)[C@@H]2[C@H](c3ccc(OCC(=O)Nc4cccc5ccccc45)cc3)c3sc(=O)[nH]c3S[C@@H]2C1=O.